The van der Waals surface area contributed by atoms with Crippen molar-refractivity contribution < 1.29 is 15.0 Å². The lowest BCUT2D eigenvalue weighted by Crippen LogP contribution is -2.50. The molecule has 1 saturated carbocycles. The molecule has 2 N–H and O–H groups in total. The van der Waals surface area contributed by atoms with E-state index in [0.717, 1.165) is 5.82 Å². The first-order valence-electron chi connectivity index (χ1n) is 5.51. The van der Waals surface area contributed by atoms with E-state index in [0.29, 0.717) is 5.56 Å². The van der Waals surface area contributed by atoms with E-state index in [-0.39, 0.29) is 12.8 Å². The van der Waals surface area contributed by atoms with Crippen LogP contribution < -0.4 is 4.90 Å². The van der Waals surface area contributed by atoms with Gasteiger partial charge in [-0.2, -0.15) is 0 Å². The molecule has 1 aliphatic rings. The first kappa shape index (κ1) is 11.9. The van der Waals surface area contributed by atoms with E-state index in [4.69, 9.17) is 0 Å². The molecule has 1 heterocycles. The average Bonchev–Trinajstić information content (AvgIpc) is 2.24. The van der Waals surface area contributed by atoms with Crippen LogP contribution in [0.4, 0.5) is 5.82 Å². The summed E-state index contributed by atoms with van der Waals surface area (Å²) in [5, 5.41) is 18.6. The average molecular weight is 236 g/mol. The Labute approximate surface area is 99.7 Å². The minimum atomic E-state index is -0.947. The van der Waals surface area contributed by atoms with Crippen LogP contribution >= 0.6 is 0 Å². The minimum absolute atomic E-state index is 0.269. The van der Waals surface area contributed by atoms with Gasteiger partial charge in [-0.15, -0.1) is 0 Å². The monoisotopic (exact) mass is 236 g/mol. The van der Waals surface area contributed by atoms with Gasteiger partial charge in [-0.05, 0) is 24.5 Å². The van der Waals surface area contributed by atoms with Crippen molar-refractivity contribution in [2.45, 2.75) is 24.4 Å². The molecule has 0 unspecified atom stereocenters. The Bertz CT molecular complexity index is 422. The first-order valence-corrected chi connectivity index (χ1v) is 5.51. The molecule has 5 nitrogen and oxygen atoms in total. The van der Waals surface area contributed by atoms with Gasteiger partial charge in [0.2, 0.25) is 0 Å². The molecule has 17 heavy (non-hydrogen) atoms. The molecular weight excluding hydrogens is 220 g/mol. The molecule has 1 fully saturated rings. The number of rotatable bonds is 3. The zero-order chi connectivity index (χ0) is 12.6. The van der Waals surface area contributed by atoms with E-state index in [2.05, 4.69) is 4.98 Å². The number of pyridine rings is 1. The number of carbonyl (C=O) groups is 1. The normalized spacial score (nSPS) is 27.4. The topological polar surface area (TPSA) is 73.7 Å². The minimum Gasteiger partial charge on any atom is -0.481 e. The van der Waals surface area contributed by atoms with Crippen LogP contribution in [0.5, 0.6) is 0 Å². The van der Waals surface area contributed by atoms with Gasteiger partial charge in [-0.1, -0.05) is 6.07 Å². The number of aliphatic hydroxyl groups is 1. The largest absolute Gasteiger partial charge is 0.481 e. The van der Waals surface area contributed by atoms with E-state index in [9.17, 15) is 15.0 Å². The Hall–Kier alpha value is -1.62. The predicted molar refractivity (Wildman–Crippen MR) is 63.1 cm³/mol. The summed E-state index contributed by atoms with van der Waals surface area (Å²) in [7, 11) is 3.75. The van der Waals surface area contributed by atoms with Crippen molar-refractivity contribution in [2.75, 3.05) is 19.0 Å². The lowest BCUT2D eigenvalue weighted by Gasteiger charge is -2.41. The van der Waals surface area contributed by atoms with Crippen LogP contribution in [-0.2, 0) is 10.2 Å². The fourth-order valence-electron chi connectivity index (χ4n) is 2.21. The van der Waals surface area contributed by atoms with Gasteiger partial charge < -0.3 is 15.1 Å². The summed E-state index contributed by atoms with van der Waals surface area (Å²) >= 11 is 0. The molecule has 0 bridgehead atoms. The second-order valence-corrected chi connectivity index (χ2v) is 4.75. The molecule has 0 radical (unpaired) electrons. The SMILES string of the molecule is CN(C)c1ccc(C2(C(=O)O)CC(O)C2)cn1. The molecule has 0 aliphatic heterocycles. The van der Waals surface area contributed by atoms with E-state index in [1.54, 1.807) is 18.3 Å². The van der Waals surface area contributed by atoms with Crippen molar-refractivity contribution in [1.29, 1.82) is 0 Å². The molecule has 1 aliphatic carbocycles. The summed E-state index contributed by atoms with van der Waals surface area (Å²) < 4.78 is 0. The van der Waals surface area contributed by atoms with E-state index >= 15 is 0 Å². The van der Waals surface area contributed by atoms with Crippen molar-refractivity contribution in [3.8, 4) is 0 Å². The highest BCUT2D eigenvalue weighted by molar-refractivity contribution is 5.83. The lowest BCUT2D eigenvalue weighted by atomic mass is 9.63. The van der Waals surface area contributed by atoms with Crippen LogP contribution in [0, 0.1) is 0 Å². The van der Waals surface area contributed by atoms with Crippen molar-refractivity contribution in [2.24, 2.45) is 0 Å². The predicted octanol–water partition coefficient (Wildman–Crippen LogP) is 0.625. The second kappa shape index (κ2) is 4.00. The molecule has 0 aromatic carbocycles. The fraction of sp³-hybridized carbons (Fsp3) is 0.500. The van der Waals surface area contributed by atoms with Crippen LogP contribution in [0.25, 0.3) is 0 Å². The van der Waals surface area contributed by atoms with Gasteiger partial charge in [0.05, 0.1) is 11.5 Å². The number of aliphatic carboxylic acids is 1. The van der Waals surface area contributed by atoms with Gasteiger partial charge in [0.25, 0.3) is 0 Å². The molecule has 0 amide bonds. The number of hydrogen-bond acceptors (Lipinski definition) is 4. The van der Waals surface area contributed by atoms with Crippen molar-refractivity contribution in [3.63, 3.8) is 0 Å². The van der Waals surface area contributed by atoms with Gasteiger partial charge in [0.1, 0.15) is 5.82 Å². The number of aliphatic hydroxyl groups excluding tert-OH is 1. The van der Waals surface area contributed by atoms with Crippen LogP contribution in [0.15, 0.2) is 18.3 Å². The second-order valence-electron chi connectivity index (χ2n) is 4.75. The summed E-state index contributed by atoms with van der Waals surface area (Å²) in [6.07, 6.45) is 1.62. The summed E-state index contributed by atoms with van der Waals surface area (Å²) in [6, 6.07) is 3.58. The number of nitrogens with zero attached hydrogens (tertiary/aromatic N) is 2. The summed E-state index contributed by atoms with van der Waals surface area (Å²) in [6.45, 7) is 0. The first-order chi connectivity index (χ1) is 7.95. The highest BCUT2D eigenvalue weighted by atomic mass is 16.4. The highest BCUT2D eigenvalue weighted by Gasteiger charge is 2.51. The van der Waals surface area contributed by atoms with Gasteiger partial charge in [0.15, 0.2) is 0 Å². The van der Waals surface area contributed by atoms with Gasteiger partial charge in [-0.25, -0.2) is 4.98 Å². The summed E-state index contributed by atoms with van der Waals surface area (Å²) in [5.74, 6) is -0.101. The number of aromatic nitrogens is 1. The summed E-state index contributed by atoms with van der Waals surface area (Å²) in [5.41, 5.74) is -0.280. The molecule has 2 rings (SSSR count). The van der Waals surface area contributed by atoms with Gasteiger partial charge in [0, 0.05) is 20.3 Å². The van der Waals surface area contributed by atoms with Crippen LogP contribution in [0.2, 0.25) is 0 Å². The number of carboxylic acid groups (broad SMARTS) is 1. The van der Waals surface area contributed by atoms with Crippen molar-refractivity contribution >= 4 is 11.8 Å². The number of carboxylic acids is 1. The number of hydrogen-bond donors (Lipinski definition) is 2. The molecule has 5 heteroatoms. The smallest absolute Gasteiger partial charge is 0.314 e. The quantitative estimate of drug-likeness (QED) is 0.805. The van der Waals surface area contributed by atoms with E-state index < -0.39 is 17.5 Å². The maximum Gasteiger partial charge on any atom is 0.314 e. The Balaban J connectivity index is 2.29. The third kappa shape index (κ3) is 1.86. The van der Waals surface area contributed by atoms with Crippen molar-refractivity contribution in [1.82, 2.24) is 4.98 Å². The zero-order valence-corrected chi connectivity index (χ0v) is 9.92. The molecule has 1 aromatic rings. The van der Waals surface area contributed by atoms with Crippen LogP contribution in [-0.4, -0.2) is 41.4 Å². The molecule has 0 spiro atoms. The Morgan fingerprint density at radius 3 is 2.47 bits per heavy atom. The van der Waals surface area contributed by atoms with Crippen LogP contribution in [0.1, 0.15) is 18.4 Å². The maximum absolute atomic E-state index is 11.3. The van der Waals surface area contributed by atoms with E-state index in [1.165, 1.54) is 0 Å². The number of anilines is 1. The molecular formula is C12H16N2O3. The molecule has 92 valence electrons. The highest BCUT2D eigenvalue weighted by Crippen LogP contribution is 2.44. The molecule has 1 aromatic heterocycles. The van der Waals surface area contributed by atoms with Crippen molar-refractivity contribution in [3.05, 3.63) is 23.9 Å². The fourth-order valence-corrected chi connectivity index (χ4v) is 2.21. The third-order valence-electron chi connectivity index (χ3n) is 3.34. The Morgan fingerprint density at radius 2 is 2.12 bits per heavy atom. The zero-order valence-electron chi connectivity index (χ0n) is 9.92. The lowest BCUT2D eigenvalue weighted by molar-refractivity contribution is -0.152. The third-order valence-corrected chi connectivity index (χ3v) is 3.34. The van der Waals surface area contributed by atoms with Gasteiger partial charge >= 0.3 is 5.97 Å². The van der Waals surface area contributed by atoms with Gasteiger partial charge in [-0.3, -0.25) is 4.79 Å². The maximum atomic E-state index is 11.3. The van der Waals surface area contributed by atoms with Crippen LogP contribution in [0.3, 0.4) is 0 Å². The van der Waals surface area contributed by atoms with E-state index in [1.807, 2.05) is 19.0 Å². The molecule has 0 atom stereocenters. The Morgan fingerprint density at radius 1 is 1.47 bits per heavy atom. The standard InChI is InChI=1S/C12H16N2O3/c1-14(2)10-4-3-8(7-13-10)12(11(16)17)5-9(15)6-12/h3-4,7,9,15H,5-6H2,1-2H3,(H,16,17). The Kier molecular flexibility index (Phi) is 2.79. The molecule has 0 saturated heterocycles. The summed E-state index contributed by atoms with van der Waals surface area (Å²) in [4.78, 5) is 17.4.